The Morgan fingerprint density at radius 1 is 1.61 bits per heavy atom. The molecule has 0 radical (unpaired) electrons. The van der Waals surface area contributed by atoms with Crippen LogP contribution in [0.25, 0.3) is 0 Å². The smallest absolute Gasteiger partial charge is 0.241 e. The molecule has 0 aromatic heterocycles. The Hall–Kier alpha value is -0.690. The summed E-state index contributed by atoms with van der Waals surface area (Å²) in [5.74, 6) is -0.792. The average Bonchev–Trinajstić information content (AvgIpc) is 2.70. The van der Waals surface area contributed by atoms with Gasteiger partial charge in [0, 0.05) is 11.0 Å². The van der Waals surface area contributed by atoms with Crippen LogP contribution in [0.4, 0.5) is 10.1 Å². The van der Waals surface area contributed by atoms with E-state index in [1.807, 2.05) is 0 Å². The molecule has 7 heteroatoms. The molecule has 1 amide bonds. The van der Waals surface area contributed by atoms with Crippen molar-refractivity contribution in [3.63, 3.8) is 0 Å². The zero-order valence-corrected chi connectivity index (χ0v) is 11.6. The Bertz CT molecular complexity index is 463. The standard InChI is InChI=1S/C11H11BrClFN2O2/c12-7-1-5(14)2-8(13)10(7)16-11(18)9-3-6(17)4-15-9/h1-2,6,9,15,17H,3-4H2,(H,16,18). The number of carbonyl (C=O) groups is 1. The van der Waals surface area contributed by atoms with Crippen LogP contribution in [0, 0.1) is 5.82 Å². The zero-order valence-electron chi connectivity index (χ0n) is 9.21. The summed E-state index contributed by atoms with van der Waals surface area (Å²) >= 11 is 9.00. The van der Waals surface area contributed by atoms with Crippen LogP contribution in [0.15, 0.2) is 16.6 Å². The molecule has 2 unspecified atom stereocenters. The second kappa shape index (κ2) is 5.52. The van der Waals surface area contributed by atoms with Crippen LogP contribution in [-0.4, -0.2) is 29.7 Å². The fraction of sp³-hybridized carbons (Fsp3) is 0.364. The van der Waals surface area contributed by atoms with Crippen LogP contribution < -0.4 is 10.6 Å². The van der Waals surface area contributed by atoms with E-state index in [0.29, 0.717) is 23.1 Å². The fourth-order valence-corrected chi connectivity index (χ4v) is 2.69. The molecular formula is C11H11BrClFN2O2. The summed E-state index contributed by atoms with van der Waals surface area (Å²) in [6, 6.07) is 1.88. The molecule has 1 heterocycles. The lowest BCUT2D eigenvalue weighted by molar-refractivity contribution is -0.117. The molecule has 1 saturated heterocycles. The quantitative estimate of drug-likeness (QED) is 0.772. The van der Waals surface area contributed by atoms with Gasteiger partial charge in [0.25, 0.3) is 0 Å². The topological polar surface area (TPSA) is 61.4 Å². The number of amides is 1. The van der Waals surface area contributed by atoms with Gasteiger partial charge in [0.1, 0.15) is 5.82 Å². The van der Waals surface area contributed by atoms with Crippen molar-refractivity contribution in [3.8, 4) is 0 Å². The second-order valence-electron chi connectivity index (χ2n) is 4.08. The first-order valence-corrected chi connectivity index (χ1v) is 6.51. The number of hydrogen-bond acceptors (Lipinski definition) is 3. The van der Waals surface area contributed by atoms with Crippen molar-refractivity contribution in [2.75, 3.05) is 11.9 Å². The Morgan fingerprint density at radius 3 is 2.89 bits per heavy atom. The molecule has 1 aliphatic heterocycles. The molecule has 0 spiro atoms. The molecule has 1 aliphatic rings. The predicted molar refractivity (Wildman–Crippen MR) is 70.2 cm³/mol. The van der Waals surface area contributed by atoms with Crippen LogP contribution in [0.3, 0.4) is 0 Å². The number of carbonyl (C=O) groups excluding carboxylic acids is 1. The highest BCUT2D eigenvalue weighted by atomic mass is 79.9. The predicted octanol–water partition coefficient (Wildman–Crippen LogP) is 1.90. The van der Waals surface area contributed by atoms with Gasteiger partial charge in [-0.1, -0.05) is 11.6 Å². The molecular weight excluding hydrogens is 326 g/mol. The minimum Gasteiger partial charge on any atom is -0.392 e. The van der Waals surface area contributed by atoms with Gasteiger partial charge in [0.05, 0.1) is 22.9 Å². The van der Waals surface area contributed by atoms with Crippen molar-refractivity contribution in [2.45, 2.75) is 18.6 Å². The number of rotatable bonds is 2. The van der Waals surface area contributed by atoms with E-state index >= 15 is 0 Å². The van der Waals surface area contributed by atoms with Crippen LogP contribution in [-0.2, 0) is 4.79 Å². The lowest BCUT2D eigenvalue weighted by atomic mass is 10.2. The molecule has 1 aromatic carbocycles. The first-order chi connectivity index (χ1) is 8.47. The molecule has 0 bridgehead atoms. The molecule has 2 atom stereocenters. The highest BCUT2D eigenvalue weighted by molar-refractivity contribution is 9.10. The molecule has 1 fully saturated rings. The van der Waals surface area contributed by atoms with Gasteiger partial charge >= 0.3 is 0 Å². The molecule has 2 rings (SSSR count). The SMILES string of the molecule is O=C(Nc1c(Cl)cc(F)cc1Br)C1CC(O)CN1. The molecule has 0 aliphatic carbocycles. The molecule has 0 saturated carbocycles. The van der Waals surface area contributed by atoms with E-state index in [1.54, 1.807) is 0 Å². The monoisotopic (exact) mass is 336 g/mol. The van der Waals surface area contributed by atoms with E-state index in [0.717, 1.165) is 6.07 Å². The van der Waals surface area contributed by atoms with Crippen LogP contribution in [0.1, 0.15) is 6.42 Å². The fourth-order valence-electron chi connectivity index (χ4n) is 1.79. The Kier molecular flexibility index (Phi) is 4.21. The van der Waals surface area contributed by atoms with Gasteiger partial charge in [0.2, 0.25) is 5.91 Å². The third kappa shape index (κ3) is 3.00. The average molecular weight is 338 g/mol. The normalized spacial score (nSPS) is 23.1. The maximum atomic E-state index is 13.0. The van der Waals surface area contributed by atoms with Crippen LogP contribution in [0.5, 0.6) is 0 Å². The summed E-state index contributed by atoms with van der Waals surface area (Å²) in [6.45, 7) is 0.385. The number of nitrogens with one attached hydrogen (secondary N) is 2. The van der Waals surface area contributed by atoms with Gasteiger partial charge in [-0.25, -0.2) is 4.39 Å². The molecule has 98 valence electrons. The molecule has 18 heavy (non-hydrogen) atoms. The third-order valence-corrected chi connectivity index (χ3v) is 3.60. The number of benzene rings is 1. The van der Waals surface area contributed by atoms with E-state index in [9.17, 15) is 14.3 Å². The third-order valence-electron chi connectivity index (χ3n) is 2.68. The van der Waals surface area contributed by atoms with E-state index in [1.165, 1.54) is 6.07 Å². The van der Waals surface area contributed by atoms with Crippen molar-refractivity contribution in [2.24, 2.45) is 0 Å². The van der Waals surface area contributed by atoms with Crippen molar-refractivity contribution in [3.05, 3.63) is 27.4 Å². The van der Waals surface area contributed by atoms with E-state index < -0.39 is 18.0 Å². The number of β-amino-alcohol motifs (C(OH)–C–C–N with tert-alkyl or cyclic N) is 1. The van der Waals surface area contributed by atoms with Gasteiger partial charge in [-0.05, 0) is 34.5 Å². The summed E-state index contributed by atoms with van der Waals surface area (Å²) in [5.41, 5.74) is 0.325. The Labute approximate surface area is 117 Å². The van der Waals surface area contributed by atoms with E-state index in [2.05, 4.69) is 26.6 Å². The van der Waals surface area contributed by atoms with E-state index in [4.69, 9.17) is 11.6 Å². The van der Waals surface area contributed by atoms with Gasteiger partial charge in [-0.2, -0.15) is 0 Å². The van der Waals surface area contributed by atoms with E-state index in [-0.39, 0.29) is 10.9 Å². The summed E-state index contributed by atoms with van der Waals surface area (Å²) in [7, 11) is 0. The van der Waals surface area contributed by atoms with Crippen molar-refractivity contribution >= 4 is 39.1 Å². The number of aliphatic hydroxyl groups is 1. The van der Waals surface area contributed by atoms with Crippen LogP contribution >= 0.6 is 27.5 Å². The molecule has 1 aromatic rings. The summed E-state index contributed by atoms with van der Waals surface area (Å²) < 4.78 is 13.4. The first kappa shape index (κ1) is 13.7. The number of halogens is 3. The second-order valence-corrected chi connectivity index (χ2v) is 5.35. The van der Waals surface area contributed by atoms with Crippen molar-refractivity contribution in [1.82, 2.24) is 5.32 Å². The van der Waals surface area contributed by atoms with Crippen molar-refractivity contribution in [1.29, 1.82) is 0 Å². The van der Waals surface area contributed by atoms with Crippen molar-refractivity contribution < 1.29 is 14.3 Å². The Morgan fingerprint density at radius 2 is 2.33 bits per heavy atom. The number of aliphatic hydroxyl groups excluding tert-OH is 1. The first-order valence-electron chi connectivity index (χ1n) is 5.34. The highest BCUT2D eigenvalue weighted by Gasteiger charge is 2.28. The zero-order chi connectivity index (χ0) is 13.3. The highest BCUT2D eigenvalue weighted by Crippen LogP contribution is 2.32. The van der Waals surface area contributed by atoms with Crippen LogP contribution in [0.2, 0.25) is 5.02 Å². The Balaban J connectivity index is 2.12. The minimum absolute atomic E-state index is 0.119. The number of hydrogen-bond donors (Lipinski definition) is 3. The lowest BCUT2D eigenvalue weighted by Gasteiger charge is -2.13. The maximum absolute atomic E-state index is 13.0. The summed E-state index contributed by atoms with van der Waals surface area (Å²) in [6.07, 6.45) is -0.171. The lowest BCUT2D eigenvalue weighted by Crippen LogP contribution is -2.35. The largest absolute Gasteiger partial charge is 0.392 e. The van der Waals surface area contributed by atoms with Gasteiger partial charge in [-0.15, -0.1) is 0 Å². The molecule has 3 N–H and O–H groups in total. The number of anilines is 1. The summed E-state index contributed by atoms with van der Waals surface area (Å²) in [5, 5.41) is 14.9. The minimum atomic E-state index is -0.520. The summed E-state index contributed by atoms with van der Waals surface area (Å²) in [4.78, 5) is 11.9. The van der Waals surface area contributed by atoms with Gasteiger partial charge in [-0.3, -0.25) is 4.79 Å². The van der Waals surface area contributed by atoms with Gasteiger partial charge < -0.3 is 15.7 Å². The van der Waals surface area contributed by atoms with Gasteiger partial charge in [0.15, 0.2) is 0 Å². The maximum Gasteiger partial charge on any atom is 0.241 e. The molecule has 4 nitrogen and oxygen atoms in total.